The lowest BCUT2D eigenvalue weighted by atomic mass is 9.74. The average Bonchev–Trinajstić information content (AvgIpc) is 3.30. The molecule has 29 heavy (non-hydrogen) atoms. The summed E-state index contributed by atoms with van der Waals surface area (Å²) >= 11 is 0. The van der Waals surface area contributed by atoms with Crippen molar-refractivity contribution in [3.63, 3.8) is 0 Å². The van der Waals surface area contributed by atoms with Crippen LogP contribution in [0.3, 0.4) is 0 Å². The van der Waals surface area contributed by atoms with Crippen molar-refractivity contribution in [2.45, 2.75) is 38.9 Å². The molecule has 3 aromatic carbocycles. The molecule has 0 atom stereocenters. The Morgan fingerprint density at radius 1 is 0.690 bits per heavy atom. The Bertz CT molecular complexity index is 1410. The molecule has 0 unspecified atom stereocenters. The Morgan fingerprint density at radius 3 is 2.24 bits per heavy atom. The smallest absolute Gasteiger partial charge is 0.399 e. The maximum atomic E-state index is 6.38. The normalized spacial score (nSPS) is 19.1. The molecule has 3 heterocycles. The van der Waals surface area contributed by atoms with Crippen LogP contribution in [-0.2, 0) is 9.31 Å². The van der Waals surface area contributed by atoms with Gasteiger partial charge in [0.2, 0.25) is 0 Å². The van der Waals surface area contributed by atoms with Gasteiger partial charge in [-0.25, -0.2) is 9.98 Å². The summed E-state index contributed by atoms with van der Waals surface area (Å²) in [5, 5.41) is 4.30. The fourth-order valence-electron chi connectivity index (χ4n) is 4.39. The van der Waals surface area contributed by atoms with Gasteiger partial charge < -0.3 is 9.31 Å². The lowest BCUT2D eigenvalue weighted by Crippen LogP contribution is -2.41. The van der Waals surface area contributed by atoms with Crippen molar-refractivity contribution in [1.29, 1.82) is 0 Å². The Kier molecular flexibility index (Phi) is 3.21. The predicted molar refractivity (Wildman–Crippen MR) is 113 cm³/mol. The van der Waals surface area contributed by atoms with Crippen molar-refractivity contribution in [1.82, 2.24) is 0 Å². The lowest BCUT2D eigenvalue weighted by molar-refractivity contribution is 0.00578. The number of nitrogens with zero attached hydrogens (tertiary/aromatic N) is 2. The van der Waals surface area contributed by atoms with Gasteiger partial charge in [-0.15, -0.1) is 0 Å². The van der Waals surface area contributed by atoms with E-state index >= 15 is 0 Å². The third-order valence-corrected chi connectivity index (χ3v) is 6.66. The molecule has 5 heteroatoms. The van der Waals surface area contributed by atoms with E-state index in [4.69, 9.17) is 19.3 Å². The van der Waals surface area contributed by atoms with Crippen molar-refractivity contribution < 1.29 is 9.31 Å². The van der Waals surface area contributed by atoms with Gasteiger partial charge in [-0.05, 0) is 57.4 Å². The van der Waals surface area contributed by atoms with E-state index in [2.05, 4.69) is 70.2 Å². The third-order valence-electron chi connectivity index (χ3n) is 6.66. The highest BCUT2D eigenvalue weighted by Crippen LogP contribution is 2.41. The first-order valence-corrected chi connectivity index (χ1v) is 10.0. The van der Waals surface area contributed by atoms with Crippen LogP contribution in [0.2, 0.25) is 0 Å². The second-order valence-electron chi connectivity index (χ2n) is 8.93. The van der Waals surface area contributed by atoms with Crippen molar-refractivity contribution in [3.05, 3.63) is 75.7 Å². The molecule has 0 saturated carbocycles. The van der Waals surface area contributed by atoms with Crippen LogP contribution in [0.25, 0.3) is 11.1 Å². The number of fused-ring (bicyclic) bond motifs is 6. The maximum Gasteiger partial charge on any atom is 0.495 e. The van der Waals surface area contributed by atoms with Gasteiger partial charge in [0.1, 0.15) is 0 Å². The van der Waals surface area contributed by atoms with E-state index in [0.717, 1.165) is 43.9 Å². The minimum Gasteiger partial charge on any atom is -0.399 e. The average molecular weight is 380 g/mol. The molecule has 0 aromatic heterocycles. The van der Waals surface area contributed by atoms with Crippen LogP contribution in [0.5, 0.6) is 0 Å². The topological polar surface area (TPSA) is 43.2 Å². The molecular weight excluding hydrogens is 359 g/mol. The van der Waals surface area contributed by atoms with Gasteiger partial charge in [0, 0.05) is 21.6 Å². The molecule has 0 bridgehead atoms. The van der Waals surface area contributed by atoms with Gasteiger partial charge in [-0.1, -0.05) is 30.3 Å². The van der Waals surface area contributed by atoms with Gasteiger partial charge in [0.15, 0.2) is 0 Å². The molecule has 3 aromatic rings. The molecule has 0 amide bonds. The Morgan fingerprint density at radius 2 is 1.45 bits per heavy atom. The minimum absolute atomic E-state index is 0.391. The van der Waals surface area contributed by atoms with Crippen LogP contribution in [0.15, 0.2) is 64.6 Å². The summed E-state index contributed by atoms with van der Waals surface area (Å²) < 4.78 is 12.8. The molecule has 6 rings (SSSR count). The van der Waals surface area contributed by atoms with Crippen molar-refractivity contribution in [3.8, 4) is 11.1 Å². The molecule has 142 valence electrons. The van der Waals surface area contributed by atoms with Gasteiger partial charge in [0.25, 0.3) is 0 Å². The summed E-state index contributed by atoms with van der Waals surface area (Å²) in [6.45, 7) is 8.33. The van der Waals surface area contributed by atoms with Crippen LogP contribution in [-0.4, -0.2) is 18.3 Å². The number of hydrogen-bond acceptors (Lipinski definition) is 4. The monoisotopic (exact) mass is 380 g/mol. The molecule has 0 N–H and O–H groups in total. The van der Waals surface area contributed by atoms with Gasteiger partial charge in [-0.3, -0.25) is 0 Å². The van der Waals surface area contributed by atoms with Crippen LogP contribution >= 0.6 is 0 Å². The summed E-state index contributed by atoms with van der Waals surface area (Å²) in [5.74, 6) is 0. The van der Waals surface area contributed by atoms with Crippen molar-refractivity contribution in [2.24, 2.45) is 9.98 Å². The van der Waals surface area contributed by atoms with E-state index < -0.39 is 18.3 Å². The summed E-state index contributed by atoms with van der Waals surface area (Å²) in [4.78, 5) is 9.86. The molecule has 3 aliphatic heterocycles. The van der Waals surface area contributed by atoms with Gasteiger partial charge in [-0.2, -0.15) is 0 Å². The molecule has 4 nitrogen and oxygen atoms in total. The maximum absolute atomic E-state index is 6.38. The van der Waals surface area contributed by atoms with E-state index in [-0.39, 0.29) is 0 Å². The number of para-hydroxylation sites is 1. The minimum atomic E-state index is -0.435. The van der Waals surface area contributed by atoms with Crippen molar-refractivity contribution >= 4 is 24.0 Å². The van der Waals surface area contributed by atoms with Crippen LogP contribution in [0.4, 0.5) is 11.4 Å². The highest BCUT2D eigenvalue weighted by molar-refractivity contribution is 6.64. The first kappa shape index (κ1) is 17.1. The van der Waals surface area contributed by atoms with Crippen molar-refractivity contribution in [2.75, 3.05) is 0 Å². The third kappa shape index (κ3) is 2.23. The zero-order valence-corrected chi connectivity index (χ0v) is 17.0. The fraction of sp³-hybridized carbons (Fsp3) is 0.250. The van der Waals surface area contributed by atoms with Crippen LogP contribution in [0, 0.1) is 10.4 Å². The van der Waals surface area contributed by atoms with E-state index in [1.807, 2.05) is 12.1 Å². The first-order chi connectivity index (χ1) is 13.9. The summed E-state index contributed by atoms with van der Waals surface area (Å²) in [6, 6.07) is 18.7. The zero-order chi connectivity index (χ0) is 20.0. The zero-order valence-electron chi connectivity index (χ0n) is 17.0. The molecule has 0 aliphatic carbocycles. The molecule has 0 radical (unpaired) electrons. The highest BCUT2D eigenvalue weighted by atomic mass is 16.7. The lowest BCUT2D eigenvalue weighted by Gasteiger charge is -2.32. The van der Waals surface area contributed by atoms with E-state index in [9.17, 15) is 0 Å². The van der Waals surface area contributed by atoms with E-state index in [1.165, 1.54) is 5.22 Å². The first-order valence-electron chi connectivity index (χ1n) is 10.0. The van der Waals surface area contributed by atoms with E-state index in [1.54, 1.807) is 0 Å². The largest absolute Gasteiger partial charge is 0.495 e. The SMILES string of the molecule is CC1(C)OB(c2cccc3c2-c2c4c(ccc2=N3)=c2ccccc2=N4)OC1(C)C. The highest BCUT2D eigenvalue weighted by Gasteiger charge is 2.52. The quantitative estimate of drug-likeness (QED) is 0.418. The van der Waals surface area contributed by atoms with Crippen LogP contribution < -0.4 is 16.2 Å². The van der Waals surface area contributed by atoms with Crippen LogP contribution in [0.1, 0.15) is 27.7 Å². The van der Waals surface area contributed by atoms with Gasteiger partial charge >= 0.3 is 7.12 Å². The second kappa shape index (κ2) is 5.44. The Balaban J connectivity index is 1.62. The summed E-state index contributed by atoms with van der Waals surface area (Å²) in [7, 11) is -0.435. The Labute approximate surface area is 169 Å². The molecule has 3 aliphatic rings. The van der Waals surface area contributed by atoms with E-state index in [0.29, 0.717) is 0 Å². The fourth-order valence-corrected chi connectivity index (χ4v) is 4.39. The number of hydrogen-bond donors (Lipinski definition) is 0. The Hall–Kier alpha value is -2.76. The number of rotatable bonds is 1. The predicted octanol–water partition coefficient (Wildman–Crippen LogP) is 3.47. The van der Waals surface area contributed by atoms with Gasteiger partial charge in [0.05, 0.1) is 33.3 Å². The number of benzene rings is 3. The molecule has 1 saturated heterocycles. The summed E-state index contributed by atoms with van der Waals surface area (Å²) in [5.41, 5.74) is 4.34. The molecule has 0 spiro atoms. The summed E-state index contributed by atoms with van der Waals surface area (Å²) in [6.07, 6.45) is 0. The molecule has 1 fully saturated rings. The second-order valence-corrected chi connectivity index (χ2v) is 8.93. The molecular formula is C24H21BN2O2. The standard InChI is InChI=1S/C24H21BN2O2/c1-23(2)24(3,4)29-25(28-23)16-9-7-11-18-20(16)21-19(26-18)13-12-15-14-8-5-6-10-17(14)27-22(15)21/h5-13H,1-4H3.